The van der Waals surface area contributed by atoms with Gasteiger partial charge in [0.1, 0.15) is 23.0 Å². The van der Waals surface area contributed by atoms with Crippen molar-refractivity contribution in [3.63, 3.8) is 0 Å². The summed E-state index contributed by atoms with van der Waals surface area (Å²) in [6, 6.07) is 28.3. The summed E-state index contributed by atoms with van der Waals surface area (Å²) in [7, 11) is 0. The second kappa shape index (κ2) is 21.7. The summed E-state index contributed by atoms with van der Waals surface area (Å²) < 4.78 is 27.7. The van der Waals surface area contributed by atoms with Crippen molar-refractivity contribution in [3.8, 4) is 34.1 Å². The minimum atomic E-state index is -0.465. The molecule has 4 rings (SSSR count). The molecular formula is C43H48O8. The monoisotopic (exact) mass is 692 g/mol. The SMILES string of the molecule is C=CC(=O)OCCCCCCOc1ccc(C(=O)Oc2ccc(-c3ccc(OC(=O)c4ccc(OCCCCCCCC)cc4)cc3)cc2)cc1. The number of carbonyl (C=O) groups is 3. The van der Waals surface area contributed by atoms with Gasteiger partial charge in [-0.25, -0.2) is 14.4 Å². The lowest BCUT2D eigenvalue weighted by molar-refractivity contribution is -0.137. The van der Waals surface area contributed by atoms with E-state index < -0.39 is 17.9 Å². The predicted molar refractivity (Wildman–Crippen MR) is 199 cm³/mol. The number of unbranched alkanes of at least 4 members (excludes halogenated alkanes) is 8. The molecule has 0 N–H and O–H groups in total. The average molecular weight is 693 g/mol. The Morgan fingerprint density at radius 3 is 1.27 bits per heavy atom. The lowest BCUT2D eigenvalue weighted by atomic mass is 10.1. The van der Waals surface area contributed by atoms with Gasteiger partial charge in [-0.15, -0.1) is 0 Å². The first-order valence-electron chi connectivity index (χ1n) is 17.8. The van der Waals surface area contributed by atoms with Crippen molar-refractivity contribution < 1.29 is 38.1 Å². The molecule has 0 bridgehead atoms. The summed E-state index contributed by atoms with van der Waals surface area (Å²) in [6.45, 7) is 7.21. The molecule has 0 amide bonds. The van der Waals surface area contributed by atoms with Crippen molar-refractivity contribution in [2.45, 2.75) is 71.1 Å². The van der Waals surface area contributed by atoms with Gasteiger partial charge in [0.2, 0.25) is 0 Å². The Morgan fingerprint density at radius 2 is 0.863 bits per heavy atom. The van der Waals surface area contributed by atoms with Crippen molar-refractivity contribution in [2.24, 2.45) is 0 Å². The van der Waals surface area contributed by atoms with Gasteiger partial charge in [-0.05, 0) is 116 Å². The number of ether oxygens (including phenoxy) is 5. The van der Waals surface area contributed by atoms with Crippen LogP contribution in [0.4, 0.5) is 0 Å². The summed E-state index contributed by atoms with van der Waals surface area (Å²) in [4.78, 5) is 36.4. The normalized spacial score (nSPS) is 10.6. The van der Waals surface area contributed by atoms with Crippen LogP contribution in [0.5, 0.6) is 23.0 Å². The third-order valence-electron chi connectivity index (χ3n) is 8.13. The van der Waals surface area contributed by atoms with Gasteiger partial charge in [-0.1, -0.05) is 69.9 Å². The van der Waals surface area contributed by atoms with Gasteiger partial charge in [0.05, 0.1) is 30.9 Å². The first-order chi connectivity index (χ1) is 24.9. The number of carbonyl (C=O) groups excluding carboxylic acids is 3. The molecule has 4 aromatic rings. The van der Waals surface area contributed by atoms with Gasteiger partial charge in [0, 0.05) is 6.08 Å². The van der Waals surface area contributed by atoms with Gasteiger partial charge in [-0.3, -0.25) is 0 Å². The smallest absolute Gasteiger partial charge is 0.343 e. The molecule has 0 aliphatic rings. The van der Waals surface area contributed by atoms with Crippen molar-refractivity contribution in [1.82, 2.24) is 0 Å². The Labute approximate surface area is 301 Å². The highest BCUT2D eigenvalue weighted by Crippen LogP contribution is 2.26. The number of esters is 3. The van der Waals surface area contributed by atoms with E-state index in [0.29, 0.717) is 48.2 Å². The minimum Gasteiger partial charge on any atom is -0.494 e. The molecule has 0 aliphatic carbocycles. The molecule has 0 atom stereocenters. The maximum Gasteiger partial charge on any atom is 0.343 e. The summed E-state index contributed by atoms with van der Waals surface area (Å²) in [5.41, 5.74) is 2.70. The zero-order chi connectivity index (χ0) is 36.1. The molecule has 8 nitrogen and oxygen atoms in total. The molecule has 0 unspecified atom stereocenters. The van der Waals surface area contributed by atoms with Crippen molar-refractivity contribution in [3.05, 3.63) is 121 Å². The Balaban J connectivity index is 1.16. The molecule has 0 aliphatic heterocycles. The fraction of sp³-hybridized carbons (Fsp3) is 0.326. The Morgan fingerprint density at radius 1 is 0.490 bits per heavy atom. The third-order valence-corrected chi connectivity index (χ3v) is 8.13. The Bertz CT molecular complexity index is 1640. The number of benzene rings is 4. The van der Waals surface area contributed by atoms with Crippen LogP contribution in [0.2, 0.25) is 0 Å². The highest BCUT2D eigenvalue weighted by Gasteiger charge is 2.11. The van der Waals surface area contributed by atoms with Gasteiger partial charge >= 0.3 is 17.9 Å². The fourth-order valence-corrected chi connectivity index (χ4v) is 5.19. The Kier molecular flexibility index (Phi) is 16.3. The molecular weight excluding hydrogens is 644 g/mol. The van der Waals surface area contributed by atoms with Crippen LogP contribution in [0, 0.1) is 0 Å². The number of hydrogen-bond acceptors (Lipinski definition) is 8. The summed E-state index contributed by atoms with van der Waals surface area (Å²) >= 11 is 0. The van der Waals surface area contributed by atoms with Gasteiger partial charge in [-0.2, -0.15) is 0 Å². The van der Waals surface area contributed by atoms with Crippen LogP contribution in [0.25, 0.3) is 11.1 Å². The molecule has 0 saturated heterocycles. The topological polar surface area (TPSA) is 97.4 Å². The van der Waals surface area contributed by atoms with Crippen LogP contribution in [0.15, 0.2) is 110 Å². The van der Waals surface area contributed by atoms with Crippen LogP contribution in [0.3, 0.4) is 0 Å². The van der Waals surface area contributed by atoms with E-state index in [1.54, 1.807) is 72.8 Å². The predicted octanol–water partition coefficient (Wildman–Crippen LogP) is 10.2. The quantitative estimate of drug-likeness (QED) is 0.0347. The second-order valence-electron chi connectivity index (χ2n) is 12.1. The van der Waals surface area contributed by atoms with Crippen LogP contribution in [-0.4, -0.2) is 37.7 Å². The zero-order valence-electron chi connectivity index (χ0n) is 29.5. The lowest BCUT2D eigenvalue weighted by Gasteiger charge is -2.09. The first-order valence-corrected chi connectivity index (χ1v) is 17.8. The molecule has 0 spiro atoms. The maximum absolute atomic E-state index is 12.7. The van der Waals surface area contributed by atoms with Gasteiger partial charge < -0.3 is 23.7 Å². The van der Waals surface area contributed by atoms with Gasteiger partial charge in [0.15, 0.2) is 0 Å². The van der Waals surface area contributed by atoms with E-state index in [9.17, 15) is 14.4 Å². The van der Waals surface area contributed by atoms with Crippen molar-refractivity contribution in [1.29, 1.82) is 0 Å². The van der Waals surface area contributed by atoms with Crippen molar-refractivity contribution >= 4 is 17.9 Å². The number of rotatable bonds is 22. The fourth-order valence-electron chi connectivity index (χ4n) is 5.19. The van der Waals surface area contributed by atoms with Crippen LogP contribution in [-0.2, 0) is 9.53 Å². The molecule has 8 heteroatoms. The van der Waals surface area contributed by atoms with Gasteiger partial charge in [0.25, 0.3) is 0 Å². The summed E-state index contributed by atoms with van der Waals surface area (Å²) in [5, 5.41) is 0. The van der Waals surface area contributed by atoms with E-state index in [1.807, 2.05) is 24.3 Å². The molecule has 0 saturated carbocycles. The maximum atomic E-state index is 12.7. The largest absolute Gasteiger partial charge is 0.494 e. The molecule has 4 aromatic carbocycles. The van der Waals surface area contributed by atoms with E-state index in [-0.39, 0.29) is 0 Å². The third kappa shape index (κ3) is 13.8. The van der Waals surface area contributed by atoms with E-state index in [1.165, 1.54) is 32.1 Å². The van der Waals surface area contributed by atoms with Crippen LogP contribution < -0.4 is 18.9 Å². The molecule has 51 heavy (non-hydrogen) atoms. The molecule has 0 radical (unpaired) electrons. The second-order valence-corrected chi connectivity index (χ2v) is 12.1. The minimum absolute atomic E-state index is 0.396. The van der Waals surface area contributed by atoms with E-state index in [2.05, 4.69) is 13.5 Å². The molecule has 0 heterocycles. The summed E-state index contributed by atoms with van der Waals surface area (Å²) in [5.74, 6) is 0.984. The molecule has 268 valence electrons. The van der Waals surface area contributed by atoms with E-state index >= 15 is 0 Å². The summed E-state index contributed by atoms with van der Waals surface area (Å²) in [6.07, 6.45) is 12.0. The molecule has 0 fully saturated rings. The van der Waals surface area contributed by atoms with E-state index in [4.69, 9.17) is 23.7 Å². The standard InChI is InChI=1S/C43H48O8/c1-3-5-6-7-8-11-30-47-37-22-18-35(19-23-37)42(45)50-39-26-14-33(15-27-39)34-16-28-40(29-17-34)51-43(46)36-20-24-38(25-21-36)48-31-12-9-10-13-32-49-41(44)4-2/h4,14-29H,2-3,5-13,30-32H2,1H3. The highest BCUT2D eigenvalue weighted by atomic mass is 16.5. The lowest BCUT2D eigenvalue weighted by Crippen LogP contribution is -2.08. The number of hydrogen-bond donors (Lipinski definition) is 0. The molecule has 0 aromatic heterocycles. The average Bonchev–Trinajstić information content (AvgIpc) is 3.16. The highest BCUT2D eigenvalue weighted by molar-refractivity contribution is 5.92. The van der Waals surface area contributed by atoms with Crippen molar-refractivity contribution in [2.75, 3.05) is 19.8 Å². The zero-order valence-corrected chi connectivity index (χ0v) is 29.5. The van der Waals surface area contributed by atoms with Crippen LogP contribution >= 0.6 is 0 Å². The van der Waals surface area contributed by atoms with Crippen LogP contribution in [0.1, 0.15) is 91.8 Å². The Hall–Kier alpha value is -5.37. The first kappa shape index (κ1) is 38.4. The van der Waals surface area contributed by atoms with E-state index in [0.717, 1.165) is 55.1 Å².